The Morgan fingerprint density at radius 3 is 2.62 bits per heavy atom. The van der Waals surface area contributed by atoms with Gasteiger partial charge in [-0.2, -0.15) is 0 Å². The second-order valence-corrected chi connectivity index (χ2v) is 5.81. The Kier molecular flexibility index (Phi) is 5.26. The van der Waals surface area contributed by atoms with Crippen molar-refractivity contribution in [1.82, 2.24) is 15.0 Å². The number of aromatic nitrogens is 3. The van der Waals surface area contributed by atoms with Crippen molar-refractivity contribution in [2.45, 2.75) is 40.5 Å². The Labute approximate surface area is 127 Å². The van der Waals surface area contributed by atoms with Crippen LogP contribution in [0.5, 0.6) is 0 Å². The third-order valence-corrected chi connectivity index (χ3v) is 3.09. The topological polar surface area (TPSA) is 50.7 Å². The number of nitrogens with one attached hydrogen (secondary N) is 1. The van der Waals surface area contributed by atoms with Gasteiger partial charge in [0.1, 0.15) is 11.5 Å². The van der Waals surface area contributed by atoms with Gasteiger partial charge < -0.3 is 5.32 Å². The summed E-state index contributed by atoms with van der Waals surface area (Å²) in [5.41, 5.74) is 3.03. The van der Waals surface area contributed by atoms with E-state index in [1.807, 2.05) is 31.3 Å². The van der Waals surface area contributed by atoms with Crippen LogP contribution in [0.1, 0.15) is 38.4 Å². The molecule has 4 nitrogen and oxygen atoms in total. The van der Waals surface area contributed by atoms with E-state index in [4.69, 9.17) is 0 Å². The molecule has 0 radical (unpaired) electrons. The summed E-state index contributed by atoms with van der Waals surface area (Å²) in [5.74, 6) is 2.16. The number of nitrogens with zero attached hydrogens (tertiary/aromatic N) is 3. The van der Waals surface area contributed by atoms with Crippen LogP contribution in [0, 0.1) is 12.8 Å². The van der Waals surface area contributed by atoms with Crippen molar-refractivity contribution < 1.29 is 0 Å². The molecule has 0 aliphatic carbocycles. The van der Waals surface area contributed by atoms with E-state index in [0.29, 0.717) is 11.7 Å². The molecule has 0 unspecified atom stereocenters. The van der Waals surface area contributed by atoms with E-state index in [2.05, 4.69) is 41.0 Å². The Bertz CT molecular complexity index is 576. The lowest BCUT2D eigenvalue weighted by molar-refractivity contribution is 0.634. The fourth-order valence-electron chi connectivity index (χ4n) is 2.08. The Balaban J connectivity index is 2.36. The van der Waals surface area contributed by atoms with E-state index in [1.165, 1.54) is 0 Å². The molecule has 0 spiro atoms. The number of rotatable bonds is 6. The lowest BCUT2D eigenvalue weighted by Gasteiger charge is -2.10. The smallest absolute Gasteiger partial charge is 0.180 e. The van der Waals surface area contributed by atoms with Crippen molar-refractivity contribution in [2.75, 3.05) is 11.9 Å². The van der Waals surface area contributed by atoms with Crippen LogP contribution in [0.3, 0.4) is 0 Å². The van der Waals surface area contributed by atoms with Crippen molar-refractivity contribution in [3.8, 4) is 11.5 Å². The molecule has 0 atom stereocenters. The molecule has 0 aromatic carbocycles. The minimum absolute atomic E-state index is 0.567. The summed E-state index contributed by atoms with van der Waals surface area (Å²) in [5, 5.41) is 3.35. The van der Waals surface area contributed by atoms with Crippen molar-refractivity contribution in [2.24, 2.45) is 5.92 Å². The van der Waals surface area contributed by atoms with E-state index in [9.17, 15) is 0 Å². The zero-order chi connectivity index (χ0) is 15.2. The van der Waals surface area contributed by atoms with Gasteiger partial charge in [-0.05, 0) is 37.3 Å². The van der Waals surface area contributed by atoms with E-state index in [0.717, 1.165) is 42.2 Å². The normalized spacial score (nSPS) is 10.9. The van der Waals surface area contributed by atoms with Gasteiger partial charge >= 0.3 is 0 Å². The molecule has 0 fully saturated rings. The highest BCUT2D eigenvalue weighted by Crippen LogP contribution is 2.18. The molecule has 0 aliphatic rings. The average Bonchev–Trinajstić information content (AvgIpc) is 2.45. The molecule has 2 aromatic heterocycles. The predicted molar refractivity (Wildman–Crippen MR) is 87.3 cm³/mol. The standard InChI is InChI=1S/C17H24N4/c1-5-8-18-16-10-14(9-12(2)3)20-17(21-16)15-7-6-13(4)11-19-15/h6-7,10-12H,5,8-9H2,1-4H3,(H,18,20,21). The molecule has 2 heterocycles. The van der Waals surface area contributed by atoms with Gasteiger partial charge in [0, 0.05) is 24.5 Å². The van der Waals surface area contributed by atoms with Gasteiger partial charge in [-0.3, -0.25) is 4.98 Å². The van der Waals surface area contributed by atoms with E-state index in [1.54, 1.807) is 0 Å². The molecule has 1 N–H and O–H groups in total. The second kappa shape index (κ2) is 7.16. The molecule has 112 valence electrons. The number of hydrogen-bond donors (Lipinski definition) is 1. The van der Waals surface area contributed by atoms with E-state index in [-0.39, 0.29) is 0 Å². The molecule has 21 heavy (non-hydrogen) atoms. The third-order valence-electron chi connectivity index (χ3n) is 3.09. The maximum atomic E-state index is 4.67. The molecule has 4 heteroatoms. The molecule has 0 saturated heterocycles. The van der Waals surface area contributed by atoms with Crippen molar-refractivity contribution in [1.29, 1.82) is 0 Å². The van der Waals surface area contributed by atoms with Gasteiger partial charge in [0.2, 0.25) is 0 Å². The minimum atomic E-state index is 0.567. The summed E-state index contributed by atoms with van der Waals surface area (Å²) in [6, 6.07) is 6.07. The molecular weight excluding hydrogens is 260 g/mol. The lowest BCUT2D eigenvalue weighted by Crippen LogP contribution is -2.07. The fraction of sp³-hybridized carbons (Fsp3) is 0.471. The maximum Gasteiger partial charge on any atom is 0.180 e. The van der Waals surface area contributed by atoms with Gasteiger partial charge in [-0.1, -0.05) is 26.8 Å². The Morgan fingerprint density at radius 1 is 1.19 bits per heavy atom. The van der Waals surface area contributed by atoms with Crippen LogP contribution in [0.2, 0.25) is 0 Å². The SMILES string of the molecule is CCCNc1cc(CC(C)C)nc(-c2ccc(C)cn2)n1. The summed E-state index contributed by atoms with van der Waals surface area (Å²) < 4.78 is 0. The highest BCUT2D eigenvalue weighted by atomic mass is 15.0. The van der Waals surface area contributed by atoms with Crippen LogP contribution in [0.25, 0.3) is 11.5 Å². The zero-order valence-corrected chi connectivity index (χ0v) is 13.3. The average molecular weight is 284 g/mol. The number of aryl methyl sites for hydroxylation is 1. The molecule has 0 saturated carbocycles. The van der Waals surface area contributed by atoms with Crippen LogP contribution < -0.4 is 5.32 Å². The number of anilines is 1. The van der Waals surface area contributed by atoms with Crippen LogP contribution >= 0.6 is 0 Å². The van der Waals surface area contributed by atoms with Gasteiger partial charge in [-0.15, -0.1) is 0 Å². The van der Waals surface area contributed by atoms with Gasteiger partial charge in [0.05, 0.1) is 0 Å². The van der Waals surface area contributed by atoms with E-state index >= 15 is 0 Å². The number of hydrogen-bond acceptors (Lipinski definition) is 4. The monoisotopic (exact) mass is 284 g/mol. The van der Waals surface area contributed by atoms with Crippen molar-refractivity contribution >= 4 is 5.82 Å². The quantitative estimate of drug-likeness (QED) is 0.875. The molecule has 0 bridgehead atoms. The highest BCUT2D eigenvalue weighted by Gasteiger charge is 2.09. The molecule has 2 rings (SSSR count). The lowest BCUT2D eigenvalue weighted by atomic mass is 10.1. The van der Waals surface area contributed by atoms with Crippen LogP contribution in [-0.2, 0) is 6.42 Å². The summed E-state index contributed by atoms with van der Waals surface area (Å²) >= 11 is 0. The summed E-state index contributed by atoms with van der Waals surface area (Å²) in [6.07, 6.45) is 3.87. The van der Waals surface area contributed by atoms with E-state index < -0.39 is 0 Å². The second-order valence-electron chi connectivity index (χ2n) is 5.81. The first-order chi connectivity index (χ1) is 10.1. The molecule has 2 aromatic rings. The number of pyridine rings is 1. The first-order valence-electron chi connectivity index (χ1n) is 7.63. The van der Waals surface area contributed by atoms with Gasteiger partial charge in [0.15, 0.2) is 5.82 Å². The van der Waals surface area contributed by atoms with Crippen molar-refractivity contribution in [3.05, 3.63) is 35.7 Å². The molecule has 0 amide bonds. The molecule has 0 aliphatic heterocycles. The Hall–Kier alpha value is -1.97. The summed E-state index contributed by atoms with van der Waals surface area (Å²) in [4.78, 5) is 13.7. The summed E-state index contributed by atoms with van der Waals surface area (Å²) in [7, 11) is 0. The highest BCUT2D eigenvalue weighted by molar-refractivity contribution is 5.53. The van der Waals surface area contributed by atoms with Crippen LogP contribution in [0.4, 0.5) is 5.82 Å². The third kappa shape index (κ3) is 4.52. The fourth-order valence-corrected chi connectivity index (χ4v) is 2.08. The maximum absolute atomic E-state index is 4.67. The Morgan fingerprint density at radius 2 is 2.00 bits per heavy atom. The first kappa shape index (κ1) is 15.4. The van der Waals surface area contributed by atoms with Crippen LogP contribution in [-0.4, -0.2) is 21.5 Å². The largest absolute Gasteiger partial charge is 0.370 e. The van der Waals surface area contributed by atoms with Gasteiger partial charge in [0.25, 0.3) is 0 Å². The molecular formula is C17H24N4. The summed E-state index contributed by atoms with van der Waals surface area (Å²) in [6.45, 7) is 9.49. The van der Waals surface area contributed by atoms with Gasteiger partial charge in [-0.25, -0.2) is 9.97 Å². The minimum Gasteiger partial charge on any atom is -0.370 e. The predicted octanol–water partition coefficient (Wildman–Crippen LogP) is 3.87. The first-order valence-corrected chi connectivity index (χ1v) is 7.63. The van der Waals surface area contributed by atoms with Crippen LogP contribution in [0.15, 0.2) is 24.4 Å². The van der Waals surface area contributed by atoms with Crippen molar-refractivity contribution in [3.63, 3.8) is 0 Å². The zero-order valence-electron chi connectivity index (χ0n) is 13.3.